The molecule has 2 aromatic heterocycles. The van der Waals surface area contributed by atoms with Gasteiger partial charge in [-0.3, -0.25) is 5.32 Å². The summed E-state index contributed by atoms with van der Waals surface area (Å²) in [6.45, 7) is 12.7. The number of benzene rings is 3. The number of carbonyl (C=O) groups excluding carboxylic acids is 1. The number of ether oxygens (including phenoxy) is 2. The first kappa shape index (κ1) is 49.3. The van der Waals surface area contributed by atoms with E-state index in [9.17, 15) is 18.0 Å². The molecule has 17 heteroatoms. The Labute approximate surface area is 369 Å². The molecule has 0 saturated heterocycles. The highest BCUT2D eigenvalue weighted by atomic mass is 32.2. The van der Waals surface area contributed by atoms with Gasteiger partial charge >= 0.3 is 18.4 Å². The minimum Gasteiger partial charge on any atom is -0.444 e. The number of carbonyl (C=O) groups is 1. The van der Waals surface area contributed by atoms with Crippen LogP contribution in [-0.4, -0.2) is 53.7 Å². The van der Waals surface area contributed by atoms with E-state index in [0.29, 0.717) is 42.7 Å². The van der Waals surface area contributed by atoms with Gasteiger partial charge < -0.3 is 18.3 Å². The number of unbranched alkanes of at least 4 members (excludes halogenated alkanes) is 2. The van der Waals surface area contributed by atoms with Crippen LogP contribution >= 0.6 is 11.8 Å². The Morgan fingerprint density at radius 3 is 1.89 bits per heavy atom. The van der Waals surface area contributed by atoms with Gasteiger partial charge in [0.2, 0.25) is 5.60 Å². The van der Waals surface area contributed by atoms with Gasteiger partial charge in [0.15, 0.2) is 5.69 Å². The summed E-state index contributed by atoms with van der Waals surface area (Å²) >= 11 is 0.634. The molecule has 0 aliphatic heterocycles. The largest absolute Gasteiger partial charge is 0.444 e. The number of halogens is 6. The summed E-state index contributed by atoms with van der Waals surface area (Å²) in [5.41, 5.74) is -6.01. The SMILES string of the molecule is CSc1nc(-c2nnc([C@@](CCCCCC(C)O[Si](c3ccccc3)(c3ccccc3)C(C)(C)C)(OCc3ccccc3)C(F)(F)F)o2)c(NC(=O)OC(C)(C)C)cc1C(F)(F)F. The number of thioether (sulfide) groups is 1. The van der Waals surface area contributed by atoms with Crippen molar-refractivity contribution in [1.29, 1.82) is 0 Å². The van der Waals surface area contributed by atoms with Crippen LogP contribution in [0.1, 0.15) is 97.6 Å². The average Bonchev–Trinajstić information content (AvgIpc) is 3.70. The lowest BCUT2D eigenvalue weighted by atomic mass is 9.94. The normalized spacial score (nSPS) is 14.3. The molecule has 0 bridgehead atoms. The number of hydrogen-bond acceptors (Lipinski definition) is 9. The Hall–Kier alpha value is -4.71. The fraction of sp³-hybridized carbons (Fsp3) is 0.435. The molecule has 63 heavy (non-hydrogen) atoms. The second kappa shape index (κ2) is 20.0. The van der Waals surface area contributed by atoms with Gasteiger partial charge in [-0.15, -0.1) is 22.0 Å². The van der Waals surface area contributed by atoms with Gasteiger partial charge in [0.1, 0.15) is 10.6 Å². The molecule has 340 valence electrons. The second-order valence-corrected chi connectivity index (χ2v) is 22.3. The van der Waals surface area contributed by atoms with Gasteiger partial charge in [-0.2, -0.15) is 26.3 Å². The Morgan fingerprint density at radius 1 is 0.810 bits per heavy atom. The van der Waals surface area contributed by atoms with Crippen LogP contribution in [0.2, 0.25) is 5.04 Å². The van der Waals surface area contributed by atoms with E-state index in [1.54, 1.807) is 51.1 Å². The smallest absolute Gasteiger partial charge is 0.426 e. The topological polar surface area (TPSA) is 109 Å². The number of hydrogen-bond donors (Lipinski definition) is 1. The standard InChI is InChI=1S/C46H54F6N4O5SSi/c1-31(61-63(43(5,6)7,33-24-16-10-17-25-33)34-26-18-11-19-27-34)21-13-12-20-28-44(46(50,51)52,58-30-32-22-14-9-15-23-32)40-56-55-38(59-40)37-36(53-41(57)60-42(2,3)4)29-35(45(47,48)49)39(54-37)62-8/h9-11,14-19,22-27,29,31H,12-13,20-21,28,30H2,1-8H3,(H,53,57)/t31?,44-/m1/s1. The van der Waals surface area contributed by atoms with Gasteiger partial charge in [-0.05, 0) is 80.3 Å². The number of nitrogens with zero attached hydrogens (tertiary/aromatic N) is 3. The predicted octanol–water partition coefficient (Wildman–Crippen LogP) is 12.1. The van der Waals surface area contributed by atoms with E-state index in [-0.39, 0.29) is 17.6 Å². The summed E-state index contributed by atoms with van der Waals surface area (Å²) in [7, 11) is -2.88. The molecule has 1 amide bonds. The van der Waals surface area contributed by atoms with E-state index < -0.39 is 84.7 Å². The zero-order valence-corrected chi connectivity index (χ0v) is 38.4. The first-order chi connectivity index (χ1) is 29.5. The first-order valence-corrected chi connectivity index (χ1v) is 23.7. The molecule has 1 unspecified atom stereocenters. The summed E-state index contributed by atoms with van der Waals surface area (Å²) in [6, 6.07) is 29.2. The summed E-state index contributed by atoms with van der Waals surface area (Å²) in [5, 5.41) is 11.3. The van der Waals surface area contributed by atoms with Gasteiger partial charge in [0.25, 0.3) is 20.1 Å². The number of anilines is 1. The Morgan fingerprint density at radius 2 is 1.38 bits per heavy atom. The van der Waals surface area contributed by atoms with Crippen molar-refractivity contribution in [3.8, 4) is 11.6 Å². The molecule has 9 nitrogen and oxygen atoms in total. The minimum atomic E-state index is -5.11. The van der Waals surface area contributed by atoms with Crippen molar-refractivity contribution in [3.63, 3.8) is 0 Å². The molecule has 3 aromatic carbocycles. The Balaban J connectivity index is 1.45. The molecule has 0 fully saturated rings. The van der Waals surface area contributed by atoms with Crippen molar-refractivity contribution in [1.82, 2.24) is 15.2 Å². The molecule has 0 saturated carbocycles. The lowest BCUT2D eigenvalue weighted by Crippen LogP contribution is -2.67. The van der Waals surface area contributed by atoms with Crippen LogP contribution in [0.3, 0.4) is 0 Å². The molecule has 0 aliphatic carbocycles. The number of rotatable bonds is 17. The van der Waals surface area contributed by atoms with Crippen molar-refractivity contribution in [3.05, 3.63) is 114 Å². The summed E-state index contributed by atoms with van der Waals surface area (Å²) in [5.74, 6) is -1.65. The highest BCUT2D eigenvalue weighted by Gasteiger charge is 2.61. The van der Waals surface area contributed by atoms with E-state index in [1.165, 1.54) is 6.26 Å². The summed E-state index contributed by atoms with van der Waals surface area (Å²) in [4.78, 5) is 16.9. The summed E-state index contributed by atoms with van der Waals surface area (Å²) < 4.78 is 113. The van der Waals surface area contributed by atoms with Crippen molar-refractivity contribution < 1.29 is 49.5 Å². The predicted molar refractivity (Wildman–Crippen MR) is 234 cm³/mol. The molecule has 1 N–H and O–H groups in total. The van der Waals surface area contributed by atoms with Crippen molar-refractivity contribution in [2.24, 2.45) is 0 Å². The Bertz CT molecular complexity index is 2210. The molecule has 0 radical (unpaired) electrons. The fourth-order valence-corrected chi connectivity index (χ4v) is 12.7. The van der Waals surface area contributed by atoms with Gasteiger partial charge in [-0.25, -0.2) is 9.78 Å². The molecular formula is C46H54F6N4O5SSi. The maximum absolute atomic E-state index is 15.7. The van der Waals surface area contributed by atoms with E-state index in [0.717, 1.165) is 10.4 Å². The molecule has 2 heterocycles. The van der Waals surface area contributed by atoms with Crippen molar-refractivity contribution >= 4 is 42.2 Å². The molecule has 2 atom stereocenters. The van der Waals surface area contributed by atoms with Gasteiger partial charge in [-0.1, -0.05) is 125 Å². The van der Waals surface area contributed by atoms with Crippen LogP contribution < -0.4 is 15.7 Å². The average molecular weight is 917 g/mol. The molecular weight excluding hydrogens is 863 g/mol. The molecule has 5 rings (SSSR count). The maximum atomic E-state index is 15.7. The van der Waals surface area contributed by atoms with Crippen LogP contribution in [0.5, 0.6) is 0 Å². The minimum absolute atomic E-state index is 0.0124. The van der Waals surface area contributed by atoms with Crippen LogP contribution in [0.25, 0.3) is 11.6 Å². The third-order valence-electron chi connectivity index (χ3n) is 10.3. The van der Waals surface area contributed by atoms with Crippen molar-refractivity contribution in [2.75, 3.05) is 11.6 Å². The monoisotopic (exact) mass is 916 g/mol. The van der Waals surface area contributed by atoms with Crippen LogP contribution in [0, 0.1) is 0 Å². The van der Waals surface area contributed by atoms with Gasteiger partial charge in [0, 0.05) is 6.10 Å². The number of amides is 1. The lowest BCUT2D eigenvalue weighted by molar-refractivity contribution is -0.300. The number of nitrogens with one attached hydrogen (secondary N) is 1. The quantitative estimate of drug-likeness (QED) is 0.0422. The van der Waals surface area contributed by atoms with Crippen LogP contribution in [0.15, 0.2) is 107 Å². The van der Waals surface area contributed by atoms with E-state index in [2.05, 4.69) is 65.5 Å². The van der Waals surface area contributed by atoms with Gasteiger partial charge in [0.05, 0.1) is 17.9 Å². The van der Waals surface area contributed by atoms with E-state index >= 15 is 13.2 Å². The lowest BCUT2D eigenvalue weighted by Gasteiger charge is -2.44. The number of pyridine rings is 1. The number of aromatic nitrogens is 3. The third kappa shape index (κ3) is 11.9. The van der Waals surface area contributed by atoms with Crippen LogP contribution in [-0.2, 0) is 32.3 Å². The maximum Gasteiger partial charge on any atom is 0.426 e. The van der Waals surface area contributed by atoms with E-state index in [4.69, 9.17) is 18.3 Å². The highest BCUT2D eigenvalue weighted by Crippen LogP contribution is 2.48. The van der Waals surface area contributed by atoms with E-state index in [1.807, 2.05) is 43.3 Å². The zero-order chi connectivity index (χ0) is 46.3. The van der Waals surface area contributed by atoms with Crippen LogP contribution in [0.4, 0.5) is 36.8 Å². The number of alkyl halides is 6. The summed E-state index contributed by atoms with van der Waals surface area (Å²) in [6.07, 6.45) is -9.25. The van der Waals surface area contributed by atoms with Crippen molar-refractivity contribution in [2.45, 2.75) is 127 Å². The molecule has 0 spiro atoms. The third-order valence-corrected chi connectivity index (χ3v) is 16.2. The fourth-order valence-electron chi connectivity index (χ4n) is 7.41. The Kier molecular flexibility index (Phi) is 15.6. The molecule has 5 aromatic rings. The first-order valence-electron chi connectivity index (χ1n) is 20.5. The zero-order valence-electron chi connectivity index (χ0n) is 36.6. The molecule has 0 aliphatic rings. The highest BCUT2D eigenvalue weighted by molar-refractivity contribution is 7.98. The second-order valence-electron chi connectivity index (χ2n) is 17.3.